The minimum absolute atomic E-state index is 0.161. The second kappa shape index (κ2) is 10.4. The zero-order chi connectivity index (χ0) is 25.8. The number of allylic oxidation sites excluding steroid dienone is 1. The van der Waals surface area contributed by atoms with E-state index >= 15 is 0 Å². The van der Waals surface area contributed by atoms with Crippen molar-refractivity contribution >= 4 is 17.8 Å². The van der Waals surface area contributed by atoms with Crippen LogP contribution in [-0.2, 0) is 0 Å². The third-order valence-corrected chi connectivity index (χ3v) is 5.65. The third-order valence-electron chi connectivity index (χ3n) is 5.65. The van der Waals surface area contributed by atoms with Crippen molar-refractivity contribution in [2.45, 2.75) is 13.8 Å². The number of ketones is 1. The Kier molecular flexibility index (Phi) is 7.15. The van der Waals surface area contributed by atoms with Gasteiger partial charge in [-0.05, 0) is 50.3 Å². The van der Waals surface area contributed by atoms with Crippen molar-refractivity contribution in [2.75, 3.05) is 27.9 Å². The number of hydrogen-bond donors (Lipinski definition) is 0. The second-order valence-electron chi connectivity index (χ2n) is 7.78. The van der Waals surface area contributed by atoms with Gasteiger partial charge in [-0.3, -0.25) is 4.79 Å². The van der Waals surface area contributed by atoms with Crippen molar-refractivity contribution < 1.29 is 38.0 Å². The lowest BCUT2D eigenvalue weighted by molar-refractivity contribution is 0.0732. The molecule has 0 saturated heterocycles. The van der Waals surface area contributed by atoms with Crippen molar-refractivity contribution in [3.8, 4) is 34.5 Å². The van der Waals surface area contributed by atoms with E-state index in [-0.39, 0.29) is 22.9 Å². The van der Waals surface area contributed by atoms with Gasteiger partial charge in [-0.2, -0.15) is 0 Å². The van der Waals surface area contributed by atoms with Gasteiger partial charge < -0.3 is 28.4 Å². The number of ether oxygens (including phenoxy) is 6. The zero-order valence-corrected chi connectivity index (χ0v) is 20.7. The van der Waals surface area contributed by atoms with E-state index in [0.717, 1.165) is 5.56 Å². The van der Waals surface area contributed by atoms with E-state index in [2.05, 4.69) is 0 Å². The van der Waals surface area contributed by atoms with E-state index in [4.69, 9.17) is 28.4 Å². The number of hydrogen-bond acceptors (Lipinski definition) is 8. The fourth-order valence-electron chi connectivity index (χ4n) is 3.86. The number of carbonyl (C=O) groups is 2. The van der Waals surface area contributed by atoms with Crippen LogP contribution in [0.3, 0.4) is 0 Å². The van der Waals surface area contributed by atoms with Crippen LogP contribution in [0.15, 0.2) is 54.3 Å². The lowest BCUT2D eigenvalue weighted by Gasteiger charge is -2.14. The van der Waals surface area contributed by atoms with Crippen LogP contribution < -0.4 is 28.4 Å². The summed E-state index contributed by atoms with van der Waals surface area (Å²) in [5, 5.41) is 0. The Bertz CT molecular complexity index is 1330. The first kappa shape index (κ1) is 24.7. The molecule has 8 heteroatoms. The van der Waals surface area contributed by atoms with Crippen LogP contribution in [0.4, 0.5) is 0 Å². The summed E-state index contributed by atoms with van der Waals surface area (Å²) in [6.45, 7) is 4.11. The Balaban J connectivity index is 1.62. The highest BCUT2D eigenvalue weighted by Crippen LogP contribution is 2.41. The number of methoxy groups -OCH3 is 3. The highest BCUT2D eigenvalue weighted by Gasteiger charge is 2.31. The average molecular weight is 491 g/mol. The molecule has 3 aromatic rings. The van der Waals surface area contributed by atoms with Gasteiger partial charge in [0, 0.05) is 11.1 Å². The topological polar surface area (TPSA) is 89.5 Å². The molecule has 4 rings (SSSR count). The summed E-state index contributed by atoms with van der Waals surface area (Å²) in [7, 11) is 4.40. The van der Waals surface area contributed by atoms with Gasteiger partial charge in [-0.25, -0.2) is 4.79 Å². The molecule has 1 aliphatic rings. The van der Waals surface area contributed by atoms with Crippen molar-refractivity contribution in [3.63, 3.8) is 0 Å². The molecule has 0 bridgehead atoms. The van der Waals surface area contributed by atoms with Crippen LogP contribution in [0.25, 0.3) is 6.08 Å². The minimum Gasteiger partial charge on any atom is -0.493 e. The molecule has 8 nitrogen and oxygen atoms in total. The van der Waals surface area contributed by atoms with Crippen molar-refractivity contribution in [2.24, 2.45) is 0 Å². The van der Waals surface area contributed by atoms with Crippen LogP contribution in [-0.4, -0.2) is 39.7 Å². The number of fused-ring (bicyclic) bond motifs is 1. The number of Topliss-reactive ketones (excluding diaryl/α,β-unsaturated/α-hetero) is 1. The highest BCUT2D eigenvalue weighted by atomic mass is 16.5. The molecule has 36 heavy (non-hydrogen) atoms. The first-order valence-electron chi connectivity index (χ1n) is 11.2. The monoisotopic (exact) mass is 490 g/mol. The predicted octanol–water partition coefficient (Wildman–Crippen LogP) is 5.25. The molecule has 0 fully saturated rings. The number of carbonyl (C=O) groups excluding carboxylic acids is 2. The molecule has 0 spiro atoms. The Morgan fingerprint density at radius 1 is 0.917 bits per heavy atom. The Labute approximate surface area is 209 Å². The normalized spacial score (nSPS) is 13.1. The lowest BCUT2D eigenvalue weighted by Crippen LogP contribution is -2.10. The van der Waals surface area contributed by atoms with E-state index in [1.165, 1.54) is 33.5 Å². The van der Waals surface area contributed by atoms with Crippen LogP contribution in [0.2, 0.25) is 0 Å². The molecular formula is C28H26O8. The van der Waals surface area contributed by atoms with Gasteiger partial charge in [0.25, 0.3) is 0 Å². The zero-order valence-electron chi connectivity index (χ0n) is 20.7. The van der Waals surface area contributed by atoms with Gasteiger partial charge in [-0.1, -0.05) is 18.2 Å². The molecule has 0 aromatic heterocycles. The van der Waals surface area contributed by atoms with E-state index < -0.39 is 5.97 Å². The number of rotatable bonds is 8. The molecule has 0 N–H and O–H groups in total. The number of benzene rings is 3. The second-order valence-corrected chi connectivity index (χ2v) is 7.78. The minimum atomic E-state index is -0.636. The van der Waals surface area contributed by atoms with Crippen LogP contribution in [0.1, 0.15) is 38.8 Å². The fraction of sp³-hybridized carbons (Fsp3) is 0.214. The van der Waals surface area contributed by atoms with Gasteiger partial charge >= 0.3 is 5.97 Å². The van der Waals surface area contributed by atoms with E-state index in [1.54, 1.807) is 25.1 Å². The van der Waals surface area contributed by atoms with Crippen LogP contribution in [0, 0.1) is 6.92 Å². The van der Waals surface area contributed by atoms with Gasteiger partial charge in [0.2, 0.25) is 11.5 Å². The first-order chi connectivity index (χ1) is 17.4. The standard InChI is InChI=1S/C28H26O8/c1-6-34-21-10-8-7-9-17(21)13-22-25(29)19-11-12-20(16(2)26(19)35-22)36-28(30)18-14-23(31-3)27(33-5)24(15-18)32-4/h7-15H,6H2,1-5H3/b22-13-. The molecule has 1 heterocycles. The highest BCUT2D eigenvalue weighted by molar-refractivity contribution is 6.15. The molecule has 0 aliphatic carbocycles. The van der Waals surface area contributed by atoms with Crippen LogP contribution in [0.5, 0.6) is 34.5 Å². The third kappa shape index (κ3) is 4.57. The average Bonchev–Trinajstić information content (AvgIpc) is 3.21. The van der Waals surface area contributed by atoms with Crippen LogP contribution >= 0.6 is 0 Å². The molecule has 0 unspecified atom stereocenters. The van der Waals surface area contributed by atoms with E-state index in [9.17, 15) is 9.59 Å². The Hall–Kier alpha value is -4.46. The smallest absolute Gasteiger partial charge is 0.343 e. The Morgan fingerprint density at radius 2 is 1.61 bits per heavy atom. The van der Waals surface area contributed by atoms with Crippen molar-refractivity contribution in [3.05, 3.63) is 76.5 Å². The summed E-state index contributed by atoms with van der Waals surface area (Å²) in [6, 6.07) is 13.5. The molecule has 0 saturated carbocycles. The maximum absolute atomic E-state index is 13.0. The molecular weight excluding hydrogens is 464 g/mol. The van der Waals surface area contributed by atoms with Gasteiger partial charge in [-0.15, -0.1) is 0 Å². The summed E-state index contributed by atoms with van der Waals surface area (Å²) in [6.07, 6.45) is 1.65. The summed E-state index contributed by atoms with van der Waals surface area (Å²) in [5.41, 5.74) is 1.83. The molecule has 0 amide bonds. The predicted molar refractivity (Wildman–Crippen MR) is 133 cm³/mol. The lowest BCUT2D eigenvalue weighted by atomic mass is 10.1. The van der Waals surface area contributed by atoms with Gasteiger partial charge in [0.1, 0.15) is 17.2 Å². The largest absolute Gasteiger partial charge is 0.493 e. The number of para-hydroxylation sites is 1. The maximum Gasteiger partial charge on any atom is 0.343 e. The van der Waals surface area contributed by atoms with E-state index in [1.807, 2.05) is 31.2 Å². The van der Waals surface area contributed by atoms with Crippen molar-refractivity contribution in [1.29, 1.82) is 0 Å². The summed E-state index contributed by atoms with van der Waals surface area (Å²) >= 11 is 0. The molecule has 1 aliphatic heterocycles. The molecule has 0 radical (unpaired) electrons. The summed E-state index contributed by atoms with van der Waals surface area (Å²) in [4.78, 5) is 26.0. The van der Waals surface area contributed by atoms with Gasteiger partial charge in [0.05, 0.1) is 39.1 Å². The molecule has 0 atom stereocenters. The van der Waals surface area contributed by atoms with Gasteiger partial charge in [0.15, 0.2) is 17.3 Å². The fourth-order valence-corrected chi connectivity index (χ4v) is 3.86. The van der Waals surface area contributed by atoms with E-state index in [0.29, 0.717) is 46.5 Å². The SMILES string of the molecule is CCOc1ccccc1/C=C1\Oc2c(ccc(OC(=O)c3cc(OC)c(OC)c(OC)c3)c2C)C1=O. The molecule has 3 aromatic carbocycles. The molecule has 186 valence electrons. The quantitative estimate of drug-likeness (QED) is 0.240. The first-order valence-corrected chi connectivity index (χ1v) is 11.2. The number of esters is 1. The maximum atomic E-state index is 13.0. The van der Waals surface area contributed by atoms with Crippen molar-refractivity contribution in [1.82, 2.24) is 0 Å². The summed E-state index contributed by atoms with van der Waals surface area (Å²) in [5.74, 6) is 1.53. The Morgan fingerprint density at radius 3 is 2.25 bits per heavy atom. The summed E-state index contributed by atoms with van der Waals surface area (Å²) < 4.78 is 33.1.